The molecule has 3 atom stereocenters. The van der Waals surface area contributed by atoms with E-state index in [2.05, 4.69) is 31.4 Å². The predicted molar refractivity (Wildman–Crippen MR) is 74.2 cm³/mol. The Bertz CT molecular complexity index is 226. The molecule has 0 aromatic heterocycles. The Kier molecular flexibility index (Phi) is 4.48. The lowest BCUT2D eigenvalue weighted by atomic mass is 9.69. The molecule has 17 heavy (non-hydrogen) atoms. The molecule has 1 aliphatic heterocycles. The van der Waals surface area contributed by atoms with Crippen molar-refractivity contribution < 1.29 is 0 Å². The van der Waals surface area contributed by atoms with Gasteiger partial charge in [0, 0.05) is 18.6 Å². The van der Waals surface area contributed by atoms with Crippen LogP contribution in [-0.4, -0.2) is 25.2 Å². The van der Waals surface area contributed by atoms with Gasteiger partial charge in [-0.15, -0.1) is 0 Å². The standard InChI is InChI=1S/C15H30N2/c1-15(2,3)13-8-4-5-9-14(13)17-12-7-6-10-16-11-12/h12-14,16-17H,4-11H2,1-3H3. The molecule has 0 spiro atoms. The largest absolute Gasteiger partial charge is 0.315 e. The molecule has 100 valence electrons. The highest BCUT2D eigenvalue weighted by molar-refractivity contribution is 4.91. The van der Waals surface area contributed by atoms with Gasteiger partial charge in [0.15, 0.2) is 0 Å². The summed E-state index contributed by atoms with van der Waals surface area (Å²) in [7, 11) is 0. The van der Waals surface area contributed by atoms with E-state index in [1.807, 2.05) is 0 Å². The molecule has 1 saturated carbocycles. The van der Waals surface area contributed by atoms with E-state index in [0.717, 1.165) is 18.0 Å². The van der Waals surface area contributed by atoms with Crippen LogP contribution in [0.15, 0.2) is 0 Å². The molecule has 1 saturated heterocycles. The molecular weight excluding hydrogens is 208 g/mol. The summed E-state index contributed by atoms with van der Waals surface area (Å²) in [5, 5.41) is 7.47. The van der Waals surface area contributed by atoms with Crippen molar-refractivity contribution >= 4 is 0 Å². The maximum absolute atomic E-state index is 3.95. The van der Waals surface area contributed by atoms with E-state index in [0.29, 0.717) is 5.41 Å². The SMILES string of the molecule is CC(C)(C)C1CCCCC1NC1CCCNC1. The first-order valence-electron chi connectivity index (χ1n) is 7.54. The van der Waals surface area contributed by atoms with E-state index >= 15 is 0 Å². The van der Waals surface area contributed by atoms with Gasteiger partial charge >= 0.3 is 0 Å². The molecule has 2 N–H and O–H groups in total. The van der Waals surface area contributed by atoms with Gasteiger partial charge in [-0.1, -0.05) is 33.6 Å². The molecule has 1 aliphatic carbocycles. The van der Waals surface area contributed by atoms with Crippen LogP contribution >= 0.6 is 0 Å². The Morgan fingerprint density at radius 1 is 1.00 bits per heavy atom. The second kappa shape index (κ2) is 5.71. The molecule has 2 fully saturated rings. The van der Waals surface area contributed by atoms with Crippen LogP contribution in [0.3, 0.4) is 0 Å². The smallest absolute Gasteiger partial charge is 0.0195 e. The van der Waals surface area contributed by atoms with Gasteiger partial charge in [-0.2, -0.15) is 0 Å². The molecule has 0 bridgehead atoms. The van der Waals surface area contributed by atoms with Gasteiger partial charge in [0.1, 0.15) is 0 Å². The zero-order valence-corrected chi connectivity index (χ0v) is 11.9. The number of hydrogen-bond acceptors (Lipinski definition) is 2. The molecule has 1 heterocycles. The van der Waals surface area contributed by atoms with E-state index in [1.54, 1.807) is 0 Å². The van der Waals surface area contributed by atoms with Crippen molar-refractivity contribution in [2.24, 2.45) is 11.3 Å². The van der Waals surface area contributed by atoms with Gasteiger partial charge in [-0.25, -0.2) is 0 Å². The second-order valence-corrected chi connectivity index (χ2v) is 7.07. The topological polar surface area (TPSA) is 24.1 Å². The third kappa shape index (κ3) is 3.69. The fourth-order valence-corrected chi connectivity index (χ4v) is 3.66. The Balaban J connectivity index is 1.91. The van der Waals surface area contributed by atoms with Crippen LogP contribution < -0.4 is 10.6 Å². The van der Waals surface area contributed by atoms with E-state index in [-0.39, 0.29) is 0 Å². The fourth-order valence-electron chi connectivity index (χ4n) is 3.66. The summed E-state index contributed by atoms with van der Waals surface area (Å²) in [6.45, 7) is 9.63. The predicted octanol–water partition coefficient (Wildman–Crippen LogP) is 2.93. The highest BCUT2D eigenvalue weighted by Gasteiger charge is 2.35. The molecule has 2 nitrogen and oxygen atoms in total. The van der Waals surface area contributed by atoms with Crippen LogP contribution in [0.4, 0.5) is 0 Å². The van der Waals surface area contributed by atoms with E-state index in [4.69, 9.17) is 0 Å². The van der Waals surface area contributed by atoms with Crippen molar-refractivity contribution in [1.82, 2.24) is 10.6 Å². The van der Waals surface area contributed by atoms with Gasteiger partial charge in [-0.05, 0) is 43.6 Å². The molecule has 0 aromatic rings. The first-order valence-corrected chi connectivity index (χ1v) is 7.54. The normalized spacial score (nSPS) is 35.8. The molecular formula is C15H30N2. The van der Waals surface area contributed by atoms with Crippen LogP contribution in [0, 0.1) is 11.3 Å². The number of hydrogen-bond donors (Lipinski definition) is 2. The minimum Gasteiger partial charge on any atom is -0.315 e. The van der Waals surface area contributed by atoms with Gasteiger partial charge < -0.3 is 10.6 Å². The minimum absolute atomic E-state index is 0.459. The van der Waals surface area contributed by atoms with Crippen LogP contribution in [0.1, 0.15) is 59.3 Å². The van der Waals surface area contributed by atoms with Crippen LogP contribution in [0.25, 0.3) is 0 Å². The van der Waals surface area contributed by atoms with E-state index in [9.17, 15) is 0 Å². The average molecular weight is 238 g/mol. The number of piperidine rings is 1. The molecule has 2 heteroatoms. The van der Waals surface area contributed by atoms with Crippen molar-refractivity contribution in [3.8, 4) is 0 Å². The van der Waals surface area contributed by atoms with Crippen LogP contribution in [0.5, 0.6) is 0 Å². The summed E-state index contributed by atoms with van der Waals surface area (Å²) in [5.74, 6) is 0.859. The molecule has 2 aliphatic rings. The minimum atomic E-state index is 0.459. The third-order valence-corrected chi connectivity index (χ3v) is 4.62. The molecule has 3 unspecified atom stereocenters. The van der Waals surface area contributed by atoms with Crippen molar-refractivity contribution in [2.45, 2.75) is 71.4 Å². The van der Waals surface area contributed by atoms with Crippen LogP contribution in [-0.2, 0) is 0 Å². The fraction of sp³-hybridized carbons (Fsp3) is 1.00. The van der Waals surface area contributed by atoms with E-state index in [1.165, 1.54) is 51.6 Å². The zero-order valence-electron chi connectivity index (χ0n) is 11.9. The van der Waals surface area contributed by atoms with Crippen molar-refractivity contribution in [1.29, 1.82) is 0 Å². The summed E-state index contributed by atoms with van der Waals surface area (Å²) >= 11 is 0. The molecule has 0 amide bonds. The van der Waals surface area contributed by atoms with Crippen molar-refractivity contribution in [3.05, 3.63) is 0 Å². The lowest BCUT2D eigenvalue weighted by Crippen LogP contribution is -2.52. The lowest BCUT2D eigenvalue weighted by molar-refractivity contribution is 0.119. The Labute approximate surface area is 107 Å². The first-order chi connectivity index (χ1) is 8.07. The summed E-state index contributed by atoms with van der Waals surface area (Å²) < 4.78 is 0. The van der Waals surface area contributed by atoms with Crippen molar-refractivity contribution in [2.75, 3.05) is 13.1 Å². The monoisotopic (exact) mass is 238 g/mol. The Hall–Kier alpha value is -0.0800. The summed E-state index contributed by atoms with van der Waals surface area (Å²) in [6, 6.07) is 1.48. The zero-order chi connectivity index (χ0) is 12.3. The maximum atomic E-state index is 3.95. The first kappa shape index (κ1) is 13.4. The molecule has 0 radical (unpaired) electrons. The van der Waals surface area contributed by atoms with E-state index < -0.39 is 0 Å². The highest BCUT2D eigenvalue weighted by atomic mass is 15.0. The van der Waals surface area contributed by atoms with Crippen molar-refractivity contribution in [3.63, 3.8) is 0 Å². The number of rotatable bonds is 2. The van der Waals surface area contributed by atoms with Gasteiger partial charge in [-0.3, -0.25) is 0 Å². The van der Waals surface area contributed by atoms with Crippen LogP contribution in [0.2, 0.25) is 0 Å². The average Bonchev–Trinajstić information content (AvgIpc) is 2.30. The van der Waals surface area contributed by atoms with Gasteiger partial charge in [0.05, 0.1) is 0 Å². The highest BCUT2D eigenvalue weighted by Crippen LogP contribution is 2.38. The lowest BCUT2D eigenvalue weighted by Gasteiger charge is -2.43. The molecule has 2 rings (SSSR count). The molecule has 0 aromatic carbocycles. The summed E-state index contributed by atoms with van der Waals surface area (Å²) in [6.07, 6.45) is 8.36. The quantitative estimate of drug-likeness (QED) is 0.773. The summed E-state index contributed by atoms with van der Waals surface area (Å²) in [4.78, 5) is 0. The summed E-state index contributed by atoms with van der Waals surface area (Å²) in [5.41, 5.74) is 0.459. The second-order valence-electron chi connectivity index (χ2n) is 7.07. The third-order valence-electron chi connectivity index (χ3n) is 4.62. The van der Waals surface area contributed by atoms with Gasteiger partial charge in [0.2, 0.25) is 0 Å². The van der Waals surface area contributed by atoms with Gasteiger partial charge in [0.25, 0.3) is 0 Å². The Morgan fingerprint density at radius 2 is 1.76 bits per heavy atom. The Morgan fingerprint density at radius 3 is 2.41 bits per heavy atom. The maximum Gasteiger partial charge on any atom is 0.0195 e. The number of nitrogens with one attached hydrogen (secondary N) is 2.